The standard InChI is InChI=1S/C9H16F2N2O/c1-9(2-4-12-5-3-9)8(14)13-6-7(10)11/h7,12H,2-6H2,1H3,(H,13,14). The average molecular weight is 206 g/mol. The van der Waals surface area contributed by atoms with E-state index >= 15 is 0 Å². The monoisotopic (exact) mass is 206 g/mol. The van der Waals surface area contributed by atoms with E-state index < -0.39 is 18.4 Å². The molecule has 1 saturated heterocycles. The maximum absolute atomic E-state index is 11.9. The van der Waals surface area contributed by atoms with Gasteiger partial charge in [0.25, 0.3) is 6.43 Å². The first-order chi connectivity index (χ1) is 6.54. The number of alkyl halides is 2. The molecule has 14 heavy (non-hydrogen) atoms. The smallest absolute Gasteiger partial charge is 0.255 e. The first kappa shape index (κ1) is 11.4. The van der Waals surface area contributed by atoms with Gasteiger partial charge in [0.05, 0.1) is 6.54 Å². The predicted molar refractivity (Wildman–Crippen MR) is 49.2 cm³/mol. The lowest BCUT2D eigenvalue weighted by atomic mass is 9.80. The van der Waals surface area contributed by atoms with Crippen LogP contribution in [-0.2, 0) is 4.79 Å². The summed E-state index contributed by atoms with van der Waals surface area (Å²) >= 11 is 0. The molecule has 0 radical (unpaired) electrons. The fourth-order valence-corrected chi connectivity index (χ4v) is 1.59. The van der Waals surface area contributed by atoms with E-state index in [2.05, 4.69) is 10.6 Å². The van der Waals surface area contributed by atoms with Gasteiger partial charge in [0.1, 0.15) is 0 Å². The molecular formula is C9H16F2N2O. The van der Waals surface area contributed by atoms with Gasteiger partial charge in [0.15, 0.2) is 0 Å². The van der Waals surface area contributed by atoms with Crippen LogP contribution in [0.25, 0.3) is 0 Å². The maximum atomic E-state index is 11.9. The van der Waals surface area contributed by atoms with Crippen LogP contribution in [0.4, 0.5) is 8.78 Å². The highest BCUT2D eigenvalue weighted by Crippen LogP contribution is 2.27. The van der Waals surface area contributed by atoms with Crippen molar-refractivity contribution in [1.29, 1.82) is 0 Å². The van der Waals surface area contributed by atoms with Crippen molar-refractivity contribution in [2.24, 2.45) is 5.41 Å². The summed E-state index contributed by atoms with van der Waals surface area (Å²) in [5.74, 6) is -0.251. The molecule has 1 aliphatic rings. The molecule has 82 valence electrons. The third kappa shape index (κ3) is 2.90. The zero-order valence-corrected chi connectivity index (χ0v) is 8.28. The topological polar surface area (TPSA) is 41.1 Å². The molecule has 0 aliphatic carbocycles. The average Bonchev–Trinajstić information content (AvgIpc) is 2.15. The quantitative estimate of drug-likeness (QED) is 0.715. The summed E-state index contributed by atoms with van der Waals surface area (Å²) in [6.45, 7) is 2.84. The number of hydrogen-bond acceptors (Lipinski definition) is 2. The summed E-state index contributed by atoms with van der Waals surface area (Å²) in [6.07, 6.45) is -1.05. The summed E-state index contributed by atoms with van der Waals surface area (Å²) in [4.78, 5) is 11.6. The Balaban J connectivity index is 2.41. The van der Waals surface area contributed by atoms with Gasteiger partial charge < -0.3 is 10.6 Å². The number of nitrogens with one attached hydrogen (secondary N) is 2. The molecule has 0 unspecified atom stereocenters. The van der Waals surface area contributed by atoms with Crippen molar-refractivity contribution in [3.8, 4) is 0 Å². The van der Waals surface area contributed by atoms with Gasteiger partial charge in [-0.1, -0.05) is 6.92 Å². The summed E-state index contributed by atoms with van der Waals surface area (Å²) in [5, 5.41) is 5.41. The van der Waals surface area contributed by atoms with Crippen molar-refractivity contribution in [2.75, 3.05) is 19.6 Å². The van der Waals surface area contributed by atoms with Crippen molar-refractivity contribution in [3.63, 3.8) is 0 Å². The third-order valence-electron chi connectivity index (χ3n) is 2.67. The molecule has 0 aromatic carbocycles. The molecule has 0 aromatic rings. The van der Waals surface area contributed by atoms with Gasteiger partial charge in [-0.05, 0) is 25.9 Å². The molecular weight excluding hydrogens is 190 g/mol. The Hall–Kier alpha value is -0.710. The number of piperidine rings is 1. The summed E-state index contributed by atoms with van der Waals surface area (Å²) in [7, 11) is 0. The number of halogens is 2. The Morgan fingerprint density at radius 1 is 1.50 bits per heavy atom. The summed E-state index contributed by atoms with van der Waals surface area (Å²) in [6, 6.07) is 0. The molecule has 5 heteroatoms. The van der Waals surface area contributed by atoms with Crippen molar-refractivity contribution in [1.82, 2.24) is 10.6 Å². The SMILES string of the molecule is CC1(C(=O)NCC(F)F)CCNCC1. The van der Waals surface area contributed by atoms with E-state index in [0.717, 1.165) is 13.1 Å². The van der Waals surface area contributed by atoms with Crippen LogP contribution < -0.4 is 10.6 Å². The molecule has 3 nitrogen and oxygen atoms in total. The highest BCUT2D eigenvalue weighted by Gasteiger charge is 2.34. The van der Waals surface area contributed by atoms with Crippen LogP contribution in [0, 0.1) is 5.41 Å². The first-order valence-electron chi connectivity index (χ1n) is 4.82. The molecule has 0 spiro atoms. The van der Waals surface area contributed by atoms with Crippen LogP contribution in [-0.4, -0.2) is 32.0 Å². The van der Waals surface area contributed by atoms with Gasteiger partial charge in [0.2, 0.25) is 5.91 Å². The van der Waals surface area contributed by atoms with Crippen molar-refractivity contribution >= 4 is 5.91 Å². The maximum Gasteiger partial charge on any atom is 0.255 e. The van der Waals surface area contributed by atoms with Crippen molar-refractivity contribution in [2.45, 2.75) is 26.2 Å². The number of carbonyl (C=O) groups is 1. The number of hydrogen-bond donors (Lipinski definition) is 2. The van der Waals surface area contributed by atoms with E-state index in [9.17, 15) is 13.6 Å². The predicted octanol–water partition coefficient (Wildman–Crippen LogP) is 0.757. The van der Waals surface area contributed by atoms with Gasteiger partial charge >= 0.3 is 0 Å². The van der Waals surface area contributed by atoms with E-state index in [4.69, 9.17) is 0 Å². The Bertz CT molecular complexity index is 203. The Morgan fingerprint density at radius 3 is 2.57 bits per heavy atom. The largest absolute Gasteiger partial charge is 0.350 e. The van der Waals surface area contributed by atoms with E-state index in [0.29, 0.717) is 12.8 Å². The fourth-order valence-electron chi connectivity index (χ4n) is 1.59. The molecule has 0 bridgehead atoms. The molecule has 1 fully saturated rings. The van der Waals surface area contributed by atoms with Crippen LogP contribution in [0.5, 0.6) is 0 Å². The lowest BCUT2D eigenvalue weighted by Gasteiger charge is -2.32. The number of carbonyl (C=O) groups excluding carboxylic acids is 1. The van der Waals surface area contributed by atoms with E-state index in [1.54, 1.807) is 0 Å². The lowest BCUT2D eigenvalue weighted by Crippen LogP contribution is -2.46. The van der Waals surface area contributed by atoms with Crippen LogP contribution in [0.3, 0.4) is 0 Å². The van der Waals surface area contributed by atoms with Gasteiger partial charge in [-0.2, -0.15) is 0 Å². The molecule has 1 heterocycles. The van der Waals surface area contributed by atoms with Gasteiger partial charge in [-0.25, -0.2) is 8.78 Å². The fraction of sp³-hybridized carbons (Fsp3) is 0.889. The van der Waals surface area contributed by atoms with Crippen LogP contribution in [0.1, 0.15) is 19.8 Å². The van der Waals surface area contributed by atoms with Gasteiger partial charge in [0, 0.05) is 5.41 Å². The van der Waals surface area contributed by atoms with Crippen LogP contribution in [0.15, 0.2) is 0 Å². The first-order valence-corrected chi connectivity index (χ1v) is 4.82. The van der Waals surface area contributed by atoms with E-state index in [-0.39, 0.29) is 5.91 Å². The van der Waals surface area contributed by atoms with Crippen molar-refractivity contribution < 1.29 is 13.6 Å². The van der Waals surface area contributed by atoms with E-state index in [1.807, 2.05) is 6.92 Å². The highest BCUT2D eigenvalue weighted by atomic mass is 19.3. The summed E-state index contributed by atoms with van der Waals surface area (Å²) in [5.41, 5.74) is -0.472. The minimum Gasteiger partial charge on any atom is -0.350 e. The molecule has 0 saturated carbocycles. The Kier molecular flexibility index (Phi) is 3.80. The van der Waals surface area contributed by atoms with E-state index in [1.165, 1.54) is 0 Å². The minimum absolute atomic E-state index is 0.251. The molecule has 1 amide bonds. The molecule has 0 aromatic heterocycles. The van der Waals surface area contributed by atoms with Crippen molar-refractivity contribution in [3.05, 3.63) is 0 Å². The zero-order valence-electron chi connectivity index (χ0n) is 8.28. The normalized spacial score (nSPS) is 20.9. The second kappa shape index (κ2) is 4.68. The number of amides is 1. The highest BCUT2D eigenvalue weighted by molar-refractivity contribution is 5.82. The molecule has 2 N–H and O–H groups in total. The lowest BCUT2D eigenvalue weighted by molar-refractivity contribution is -0.132. The summed E-state index contributed by atoms with van der Waals surface area (Å²) < 4.78 is 23.7. The third-order valence-corrected chi connectivity index (χ3v) is 2.67. The van der Waals surface area contributed by atoms with Crippen LogP contribution in [0.2, 0.25) is 0 Å². The number of rotatable bonds is 3. The van der Waals surface area contributed by atoms with Gasteiger partial charge in [-0.15, -0.1) is 0 Å². The van der Waals surface area contributed by atoms with Gasteiger partial charge in [-0.3, -0.25) is 4.79 Å². The molecule has 1 aliphatic heterocycles. The Morgan fingerprint density at radius 2 is 2.07 bits per heavy atom. The minimum atomic E-state index is -2.47. The Labute approximate surface area is 82.2 Å². The molecule has 1 rings (SSSR count). The molecule has 0 atom stereocenters. The second-order valence-electron chi connectivity index (χ2n) is 3.91. The zero-order chi connectivity index (χ0) is 10.6. The van der Waals surface area contributed by atoms with Crippen LogP contribution >= 0.6 is 0 Å². The second-order valence-corrected chi connectivity index (χ2v) is 3.91.